The zero-order valence-electron chi connectivity index (χ0n) is 9.86. The van der Waals surface area contributed by atoms with E-state index >= 15 is 0 Å². The van der Waals surface area contributed by atoms with Gasteiger partial charge in [-0.3, -0.25) is 9.48 Å². The molecule has 1 aliphatic rings. The third-order valence-electron chi connectivity index (χ3n) is 2.84. The van der Waals surface area contributed by atoms with Crippen molar-refractivity contribution in [2.45, 2.75) is 13.3 Å². The van der Waals surface area contributed by atoms with Crippen molar-refractivity contribution in [3.8, 4) is 0 Å². The lowest BCUT2D eigenvalue weighted by Crippen LogP contribution is -2.34. The first-order valence-corrected chi connectivity index (χ1v) is 5.68. The Morgan fingerprint density at radius 1 is 1.44 bits per heavy atom. The zero-order valence-corrected chi connectivity index (χ0v) is 9.86. The van der Waals surface area contributed by atoms with Crippen LogP contribution >= 0.6 is 0 Å². The lowest BCUT2D eigenvalue weighted by molar-refractivity contribution is 0.0759. The number of aromatic nitrogens is 2. The van der Waals surface area contributed by atoms with Crippen LogP contribution < -0.4 is 5.32 Å². The third kappa shape index (κ3) is 2.24. The molecule has 0 bridgehead atoms. The Balaban J connectivity index is 2.14. The lowest BCUT2D eigenvalue weighted by Gasteiger charge is -2.18. The molecule has 0 atom stereocenters. The molecule has 0 aromatic carbocycles. The molecule has 0 unspecified atom stereocenters. The maximum atomic E-state index is 12.2. The molecule has 5 nitrogen and oxygen atoms in total. The number of nitrogens with zero attached hydrogens (tertiary/aromatic N) is 3. The molecule has 0 radical (unpaired) electrons. The van der Waals surface area contributed by atoms with E-state index in [1.807, 2.05) is 25.1 Å². The molecule has 1 saturated heterocycles. The molecule has 1 aliphatic heterocycles. The normalized spacial score (nSPS) is 17.2. The predicted octanol–water partition coefficient (Wildman–Crippen LogP) is 0.164. The summed E-state index contributed by atoms with van der Waals surface area (Å²) in [6, 6.07) is 0. The highest BCUT2D eigenvalue weighted by molar-refractivity contribution is 5.93. The highest BCUT2D eigenvalue weighted by Gasteiger charge is 2.21. The van der Waals surface area contributed by atoms with Crippen LogP contribution in [0.15, 0.2) is 6.20 Å². The Labute approximate surface area is 95.4 Å². The third-order valence-corrected chi connectivity index (χ3v) is 2.84. The molecule has 16 heavy (non-hydrogen) atoms. The van der Waals surface area contributed by atoms with Crippen molar-refractivity contribution in [3.05, 3.63) is 17.5 Å². The van der Waals surface area contributed by atoms with E-state index < -0.39 is 0 Å². The predicted molar refractivity (Wildman–Crippen MR) is 61.3 cm³/mol. The van der Waals surface area contributed by atoms with Crippen molar-refractivity contribution in [1.82, 2.24) is 20.0 Å². The van der Waals surface area contributed by atoms with Gasteiger partial charge >= 0.3 is 0 Å². The fraction of sp³-hybridized carbons (Fsp3) is 0.636. The van der Waals surface area contributed by atoms with Crippen LogP contribution in [0.4, 0.5) is 0 Å². The van der Waals surface area contributed by atoms with Gasteiger partial charge in [0.25, 0.3) is 5.91 Å². The van der Waals surface area contributed by atoms with Crippen LogP contribution in [0.1, 0.15) is 22.5 Å². The topological polar surface area (TPSA) is 50.2 Å². The van der Waals surface area contributed by atoms with Gasteiger partial charge in [0.15, 0.2) is 5.69 Å². The van der Waals surface area contributed by atoms with Crippen molar-refractivity contribution >= 4 is 5.91 Å². The van der Waals surface area contributed by atoms with Crippen LogP contribution in [0.2, 0.25) is 0 Å². The first kappa shape index (κ1) is 11.1. The number of nitrogens with one attached hydrogen (secondary N) is 1. The summed E-state index contributed by atoms with van der Waals surface area (Å²) in [6.07, 6.45) is 2.89. The first-order valence-electron chi connectivity index (χ1n) is 5.68. The standard InChI is InChI=1S/C11H18N4O/c1-9-8-14(2)13-10(9)11(16)15-6-3-4-12-5-7-15/h8,12H,3-7H2,1-2H3. The Bertz CT molecular complexity index is 377. The molecule has 1 N–H and O–H groups in total. The molecule has 1 aromatic heterocycles. The van der Waals surface area contributed by atoms with Crippen LogP contribution in [0, 0.1) is 6.92 Å². The summed E-state index contributed by atoms with van der Waals surface area (Å²) in [4.78, 5) is 14.1. The van der Waals surface area contributed by atoms with Gasteiger partial charge in [-0.05, 0) is 19.9 Å². The van der Waals surface area contributed by atoms with E-state index in [1.54, 1.807) is 4.68 Å². The summed E-state index contributed by atoms with van der Waals surface area (Å²) >= 11 is 0. The minimum Gasteiger partial charge on any atom is -0.336 e. The quantitative estimate of drug-likeness (QED) is 0.736. The van der Waals surface area contributed by atoms with Gasteiger partial charge in [-0.2, -0.15) is 5.10 Å². The monoisotopic (exact) mass is 222 g/mol. The largest absolute Gasteiger partial charge is 0.336 e. The molecule has 1 fully saturated rings. The van der Waals surface area contributed by atoms with Crippen LogP contribution in [-0.2, 0) is 7.05 Å². The lowest BCUT2D eigenvalue weighted by atomic mass is 10.2. The van der Waals surface area contributed by atoms with Gasteiger partial charge < -0.3 is 10.2 Å². The van der Waals surface area contributed by atoms with Gasteiger partial charge in [-0.15, -0.1) is 0 Å². The Kier molecular flexibility index (Phi) is 3.24. The Hall–Kier alpha value is -1.36. The van der Waals surface area contributed by atoms with E-state index in [9.17, 15) is 4.79 Å². The summed E-state index contributed by atoms with van der Waals surface area (Å²) in [6.45, 7) is 5.38. The van der Waals surface area contributed by atoms with Crippen LogP contribution in [0.25, 0.3) is 0 Å². The van der Waals surface area contributed by atoms with Crippen molar-refractivity contribution in [1.29, 1.82) is 0 Å². The molecule has 0 spiro atoms. The molecule has 0 saturated carbocycles. The maximum absolute atomic E-state index is 12.2. The number of rotatable bonds is 1. The van der Waals surface area contributed by atoms with E-state index in [0.717, 1.165) is 38.2 Å². The van der Waals surface area contributed by atoms with Gasteiger partial charge in [0.05, 0.1) is 0 Å². The number of carbonyl (C=O) groups excluding carboxylic acids is 1. The van der Waals surface area contributed by atoms with Gasteiger partial charge in [0.2, 0.25) is 0 Å². The highest BCUT2D eigenvalue weighted by Crippen LogP contribution is 2.09. The maximum Gasteiger partial charge on any atom is 0.274 e. The number of hydrogen-bond acceptors (Lipinski definition) is 3. The number of aryl methyl sites for hydroxylation is 2. The molecule has 1 amide bonds. The second-order valence-corrected chi connectivity index (χ2v) is 4.23. The van der Waals surface area contributed by atoms with Crippen LogP contribution in [-0.4, -0.2) is 46.8 Å². The summed E-state index contributed by atoms with van der Waals surface area (Å²) in [5.41, 5.74) is 1.54. The van der Waals surface area contributed by atoms with E-state index in [2.05, 4.69) is 10.4 Å². The molecule has 0 aliphatic carbocycles. The van der Waals surface area contributed by atoms with Gasteiger partial charge in [0.1, 0.15) is 0 Å². The zero-order chi connectivity index (χ0) is 11.5. The summed E-state index contributed by atoms with van der Waals surface area (Å²) in [5, 5.41) is 7.50. The average molecular weight is 222 g/mol. The number of hydrogen-bond donors (Lipinski definition) is 1. The SMILES string of the molecule is Cc1cn(C)nc1C(=O)N1CCCNCC1. The van der Waals surface area contributed by atoms with E-state index in [1.165, 1.54) is 0 Å². The highest BCUT2D eigenvalue weighted by atomic mass is 16.2. The Morgan fingerprint density at radius 2 is 2.25 bits per heavy atom. The van der Waals surface area contributed by atoms with E-state index in [4.69, 9.17) is 0 Å². The average Bonchev–Trinajstić information content (AvgIpc) is 2.49. The second kappa shape index (κ2) is 4.65. The summed E-state index contributed by atoms with van der Waals surface area (Å²) in [5.74, 6) is 0.0572. The van der Waals surface area contributed by atoms with Crippen molar-refractivity contribution < 1.29 is 4.79 Å². The minimum atomic E-state index is 0.0572. The van der Waals surface area contributed by atoms with E-state index in [0.29, 0.717) is 5.69 Å². The molecule has 1 aromatic rings. The van der Waals surface area contributed by atoms with Crippen LogP contribution in [0.3, 0.4) is 0 Å². The molecular formula is C11H18N4O. The molecule has 2 heterocycles. The van der Waals surface area contributed by atoms with E-state index in [-0.39, 0.29) is 5.91 Å². The number of carbonyl (C=O) groups is 1. The smallest absolute Gasteiger partial charge is 0.274 e. The van der Waals surface area contributed by atoms with Gasteiger partial charge in [-0.25, -0.2) is 0 Å². The van der Waals surface area contributed by atoms with Crippen molar-refractivity contribution in [3.63, 3.8) is 0 Å². The molecule has 88 valence electrons. The van der Waals surface area contributed by atoms with Gasteiger partial charge in [-0.1, -0.05) is 0 Å². The number of amides is 1. The fourth-order valence-corrected chi connectivity index (χ4v) is 2.02. The van der Waals surface area contributed by atoms with Crippen molar-refractivity contribution in [2.24, 2.45) is 7.05 Å². The fourth-order valence-electron chi connectivity index (χ4n) is 2.02. The minimum absolute atomic E-state index is 0.0572. The van der Waals surface area contributed by atoms with Gasteiger partial charge in [0, 0.05) is 38.4 Å². The summed E-state index contributed by atoms with van der Waals surface area (Å²) in [7, 11) is 1.84. The first-order chi connectivity index (χ1) is 7.68. The second-order valence-electron chi connectivity index (χ2n) is 4.23. The molecule has 5 heteroatoms. The van der Waals surface area contributed by atoms with Crippen LogP contribution in [0.5, 0.6) is 0 Å². The molecule has 2 rings (SSSR count). The summed E-state index contributed by atoms with van der Waals surface area (Å²) < 4.78 is 1.69. The van der Waals surface area contributed by atoms with Crippen molar-refractivity contribution in [2.75, 3.05) is 26.2 Å². The molecular weight excluding hydrogens is 204 g/mol. The Morgan fingerprint density at radius 3 is 2.94 bits per heavy atom.